The fourth-order valence-corrected chi connectivity index (χ4v) is 4.46. The number of aliphatic hydroxyl groups is 1. The van der Waals surface area contributed by atoms with Gasteiger partial charge in [-0.05, 0) is 42.5 Å². The van der Waals surface area contributed by atoms with Gasteiger partial charge in [-0.2, -0.15) is 0 Å². The zero-order chi connectivity index (χ0) is 20.3. The van der Waals surface area contributed by atoms with E-state index >= 15 is 0 Å². The van der Waals surface area contributed by atoms with Crippen molar-refractivity contribution in [1.29, 1.82) is 0 Å². The lowest BCUT2D eigenvalue weighted by atomic mass is 10.0. The van der Waals surface area contributed by atoms with Crippen molar-refractivity contribution in [2.24, 2.45) is 0 Å². The van der Waals surface area contributed by atoms with Crippen LogP contribution in [0.1, 0.15) is 17.4 Å². The number of benzene rings is 2. The number of thioether (sulfide) groups is 1. The van der Waals surface area contributed by atoms with Crippen LogP contribution in [-0.2, 0) is 6.61 Å². The van der Waals surface area contributed by atoms with Crippen LogP contribution in [0.2, 0.25) is 0 Å². The van der Waals surface area contributed by atoms with Gasteiger partial charge in [0.05, 0.1) is 27.6 Å². The largest absolute Gasteiger partial charge is 0.492 e. The fourth-order valence-electron chi connectivity index (χ4n) is 3.46. The molecule has 0 saturated carbocycles. The van der Waals surface area contributed by atoms with E-state index in [2.05, 4.69) is 9.97 Å². The van der Waals surface area contributed by atoms with E-state index in [0.29, 0.717) is 24.7 Å². The van der Waals surface area contributed by atoms with E-state index in [1.807, 2.05) is 72.8 Å². The van der Waals surface area contributed by atoms with Crippen molar-refractivity contribution >= 4 is 22.7 Å². The highest BCUT2D eigenvalue weighted by molar-refractivity contribution is 7.99. The highest BCUT2D eigenvalue weighted by atomic mass is 32.2. The molecule has 0 radical (unpaired) electrons. The number of nitrogens with zero attached hydrogens (tertiary/aromatic N) is 2. The van der Waals surface area contributed by atoms with Gasteiger partial charge in [0.2, 0.25) is 0 Å². The molecule has 0 fully saturated rings. The van der Waals surface area contributed by atoms with Crippen molar-refractivity contribution in [2.45, 2.75) is 23.0 Å². The summed E-state index contributed by atoms with van der Waals surface area (Å²) in [6.07, 6.45) is 1.09. The maximum atomic E-state index is 10.9. The number of aliphatic hydroxyl groups excluding tert-OH is 1. The third kappa shape index (κ3) is 3.97. The molecule has 0 spiro atoms. The molecule has 2 aromatic heterocycles. The molecule has 150 valence electrons. The van der Waals surface area contributed by atoms with Gasteiger partial charge in [0.1, 0.15) is 24.7 Å². The van der Waals surface area contributed by atoms with Crippen molar-refractivity contribution in [3.63, 3.8) is 0 Å². The molecule has 2 aromatic carbocycles. The molecule has 1 N–H and O–H groups in total. The van der Waals surface area contributed by atoms with Gasteiger partial charge in [-0.3, -0.25) is 0 Å². The normalized spacial score (nSPS) is 17.9. The minimum atomic E-state index is -0.664. The Labute approximate surface area is 178 Å². The van der Waals surface area contributed by atoms with Gasteiger partial charge in [0, 0.05) is 17.1 Å². The molecule has 2 atom stereocenters. The highest BCUT2D eigenvalue weighted by Crippen LogP contribution is 2.41. The molecule has 0 saturated heterocycles. The Kier molecular flexibility index (Phi) is 5.26. The first-order valence-electron chi connectivity index (χ1n) is 9.76. The molecule has 3 heterocycles. The molecule has 6 heteroatoms. The third-order valence-electron chi connectivity index (χ3n) is 5.01. The van der Waals surface area contributed by atoms with Crippen LogP contribution in [0.3, 0.4) is 0 Å². The summed E-state index contributed by atoms with van der Waals surface area (Å²) in [6.45, 7) is 0.781. The minimum absolute atomic E-state index is 0.134. The first kappa shape index (κ1) is 18.9. The summed E-state index contributed by atoms with van der Waals surface area (Å²) >= 11 is 1.52. The Bertz CT molecular complexity index is 1170. The molecule has 0 unspecified atom stereocenters. The van der Waals surface area contributed by atoms with E-state index in [9.17, 15) is 5.11 Å². The minimum Gasteiger partial charge on any atom is -0.492 e. The fraction of sp³-hybridized carbons (Fsp3) is 0.167. The summed E-state index contributed by atoms with van der Waals surface area (Å²) in [5.41, 5.74) is 2.53. The van der Waals surface area contributed by atoms with E-state index in [1.165, 1.54) is 11.8 Å². The molecule has 5 rings (SSSR count). The van der Waals surface area contributed by atoms with Crippen LogP contribution in [0.4, 0.5) is 0 Å². The summed E-state index contributed by atoms with van der Waals surface area (Å²) in [5.74, 6) is 1.37. The molecule has 0 aliphatic carbocycles. The van der Waals surface area contributed by atoms with Crippen LogP contribution in [-0.4, -0.2) is 26.9 Å². The summed E-state index contributed by atoms with van der Waals surface area (Å²) < 4.78 is 11.8. The third-order valence-corrected chi connectivity index (χ3v) is 6.19. The maximum absolute atomic E-state index is 10.9. The van der Waals surface area contributed by atoms with Gasteiger partial charge in [0.15, 0.2) is 0 Å². The Morgan fingerprint density at radius 2 is 1.93 bits per heavy atom. The SMILES string of the molecule is O[C@@H]1c2cc(OCc3ccc4ccccc4n3)ccc2OC[C@H]1Sc1ccccn1. The van der Waals surface area contributed by atoms with Crippen molar-refractivity contribution in [1.82, 2.24) is 9.97 Å². The molecule has 0 bridgehead atoms. The number of ether oxygens (including phenoxy) is 2. The van der Waals surface area contributed by atoms with Gasteiger partial charge < -0.3 is 14.6 Å². The van der Waals surface area contributed by atoms with Crippen molar-refractivity contribution < 1.29 is 14.6 Å². The predicted molar refractivity (Wildman–Crippen MR) is 117 cm³/mol. The number of hydrogen-bond acceptors (Lipinski definition) is 6. The average Bonchev–Trinajstić information content (AvgIpc) is 2.80. The second-order valence-corrected chi connectivity index (χ2v) is 8.32. The van der Waals surface area contributed by atoms with Crippen LogP contribution in [0, 0.1) is 0 Å². The summed E-state index contributed by atoms with van der Waals surface area (Å²) in [6, 6.07) is 23.3. The van der Waals surface area contributed by atoms with Crippen molar-refractivity contribution in [3.8, 4) is 11.5 Å². The summed E-state index contributed by atoms with van der Waals surface area (Å²) in [5, 5.41) is 12.7. The highest BCUT2D eigenvalue weighted by Gasteiger charge is 2.31. The van der Waals surface area contributed by atoms with Gasteiger partial charge in [-0.25, -0.2) is 9.97 Å². The lowest BCUT2D eigenvalue weighted by Crippen LogP contribution is -2.28. The Balaban J connectivity index is 1.30. The van der Waals surface area contributed by atoms with Gasteiger partial charge >= 0.3 is 0 Å². The molecule has 5 nitrogen and oxygen atoms in total. The Morgan fingerprint density at radius 1 is 1.03 bits per heavy atom. The van der Waals surface area contributed by atoms with E-state index in [4.69, 9.17) is 9.47 Å². The first-order valence-corrected chi connectivity index (χ1v) is 10.6. The molecule has 1 aliphatic heterocycles. The lowest BCUT2D eigenvalue weighted by molar-refractivity contribution is 0.122. The zero-order valence-electron chi connectivity index (χ0n) is 16.1. The van der Waals surface area contributed by atoms with E-state index in [1.54, 1.807) is 6.20 Å². The van der Waals surface area contributed by atoms with Crippen molar-refractivity contribution in [2.75, 3.05) is 6.61 Å². The second kappa shape index (κ2) is 8.34. The number of pyridine rings is 2. The van der Waals surface area contributed by atoms with Crippen LogP contribution >= 0.6 is 11.8 Å². The number of para-hydroxylation sites is 1. The van der Waals surface area contributed by atoms with E-state index < -0.39 is 6.10 Å². The predicted octanol–water partition coefficient (Wildman–Crippen LogP) is 4.80. The Hall–Kier alpha value is -3.09. The smallest absolute Gasteiger partial charge is 0.130 e. The summed E-state index contributed by atoms with van der Waals surface area (Å²) in [7, 11) is 0. The molecular weight excluding hydrogens is 396 g/mol. The molecule has 4 aromatic rings. The van der Waals surface area contributed by atoms with Crippen LogP contribution in [0.5, 0.6) is 11.5 Å². The summed E-state index contributed by atoms with van der Waals surface area (Å²) in [4.78, 5) is 8.97. The topological polar surface area (TPSA) is 64.5 Å². The van der Waals surface area contributed by atoms with Crippen LogP contribution in [0.25, 0.3) is 10.9 Å². The molecule has 0 amide bonds. The van der Waals surface area contributed by atoms with E-state index in [0.717, 1.165) is 27.2 Å². The van der Waals surface area contributed by atoms with Gasteiger partial charge in [-0.1, -0.05) is 42.1 Å². The standard InChI is InChI=1S/C24H20N2O3S/c27-24-19-13-18(28-14-17-9-8-16-5-1-2-6-20(16)26-17)10-11-21(19)29-15-22(24)30-23-7-3-4-12-25-23/h1-13,22,24,27H,14-15H2/t22-,24-/m1/s1. The second-order valence-electron chi connectivity index (χ2n) is 7.06. The number of rotatable bonds is 5. The number of fused-ring (bicyclic) bond motifs is 2. The van der Waals surface area contributed by atoms with Crippen molar-refractivity contribution in [3.05, 3.63) is 90.3 Å². The number of hydrogen-bond donors (Lipinski definition) is 1. The molecule has 30 heavy (non-hydrogen) atoms. The van der Waals surface area contributed by atoms with Crippen LogP contribution < -0.4 is 9.47 Å². The maximum Gasteiger partial charge on any atom is 0.130 e. The number of aromatic nitrogens is 2. The average molecular weight is 417 g/mol. The first-order chi connectivity index (χ1) is 14.8. The lowest BCUT2D eigenvalue weighted by Gasteiger charge is -2.30. The Morgan fingerprint density at radius 3 is 2.83 bits per heavy atom. The molecular formula is C24H20N2O3S. The van der Waals surface area contributed by atoms with Gasteiger partial charge in [0.25, 0.3) is 0 Å². The van der Waals surface area contributed by atoms with E-state index in [-0.39, 0.29) is 5.25 Å². The quantitative estimate of drug-likeness (QED) is 0.504. The monoisotopic (exact) mass is 416 g/mol. The molecule has 1 aliphatic rings. The zero-order valence-corrected chi connectivity index (χ0v) is 17.0. The van der Waals surface area contributed by atoms with Gasteiger partial charge in [-0.15, -0.1) is 0 Å². The van der Waals surface area contributed by atoms with Crippen LogP contribution in [0.15, 0.2) is 84.0 Å².